The third-order valence-corrected chi connectivity index (χ3v) is 3.09. The van der Waals surface area contributed by atoms with Crippen molar-refractivity contribution in [3.05, 3.63) is 47.6 Å². The third kappa shape index (κ3) is 5.41. The number of anilines is 1. The van der Waals surface area contributed by atoms with Crippen LogP contribution in [0.2, 0.25) is 0 Å². The molecule has 0 radical (unpaired) electrons. The molecule has 1 aromatic carbocycles. The van der Waals surface area contributed by atoms with Gasteiger partial charge in [-0.15, -0.1) is 0 Å². The smallest absolute Gasteiger partial charge is 0.377 e. The van der Waals surface area contributed by atoms with Crippen LogP contribution in [0.25, 0.3) is 0 Å². The average molecular weight is 349 g/mol. The molecule has 8 nitrogen and oxygen atoms in total. The molecule has 2 amide bonds. The number of aromatic nitrogens is 1. The number of carbonyl (C=O) groups is 3. The highest BCUT2D eigenvalue weighted by Crippen LogP contribution is 2.08. The predicted octanol–water partition coefficient (Wildman–Crippen LogP) is 1.38. The highest BCUT2D eigenvalue weighted by molar-refractivity contribution is 5.95. The van der Waals surface area contributed by atoms with Crippen molar-refractivity contribution in [2.45, 2.75) is 6.92 Å². The molecular formula is C16H16FN3O5. The standard InChI is InChI=1S/C16H16FN3O5/c1-10-7-13(25-19-10)16(23)24-9-15(22)20(2)8-14(21)18-12-5-3-11(17)4-6-12/h3-7H,8-9H2,1-2H3,(H,18,21). The zero-order chi connectivity index (χ0) is 18.4. The second kappa shape index (κ2) is 8.04. The number of hydrogen-bond acceptors (Lipinski definition) is 6. The van der Waals surface area contributed by atoms with Crippen LogP contribution in [-0.4, -0.2) is 48.0 Å². The molecule has 0 saturated carbocycles. The van der Waals surface area contributed by atoms with E-state index in [0.717, 1.165) is 4.90 Å². The van der Waals surface area contributed by atoms with E-state index in [1.807, 2.05) is 0 Å². The fourth-order valence-corrected chi connectivity index (χ4v) is 1.81. The van der Waals surface area contributed by atoms with Gasteiger partial charge in [0.25, 0.3) is 5.91 Å². The van der Waals surface area contributed by atoms with Gasteiger partial charge in [0, 0.05) is 18.8 Å². The van der Waals surface area contributed by atoms with E-state index in [-0.39, 0.29) is 12.3 Å². The van der Waals surface area contributed by atoms with Crippen LogP contribution in [0.15, 0.2) is 34.9 Å². The first-order valence-electron chi connectivity index (χ1n) is 7.25. The molecule has 0 aliphatic heterocycles. The van der Waals surface area contributed by atoms with Gasteiger partial charge in [-0.3, -0.25) is 9.59 Å². The third-order valence-electron chi connectivity index (χ3n) is 3.09. The summed E-state index contributed by atoms with van der Waals surface area (Å²) in [5, 5.41) is 6.05. The number of esters is 1. The quantitative estimate of drug-likeness (QED) is 0.791. The molecule has 132 valence electrons. The molecule has 25 heavy (non-hydrogen) atoms. The van der Waals surface area contributed by atoms with Gasteiger partial charge in [-0.1, -0.05) is 5.16 Å². The number of carbonyl (C=O) groups excluding carboxylic acids is 3. The Kier molecular flexibility index (Phi) is 5.83. The maximum absolute atomic E-state index is 12.8. The molecule has 1 N–H and O–H groups in total. The van der Waals surface area contributed by atoms with Gasteiger partial charge in [-0.25, -0.2) is 9.18 Å². The SMILES string of the molecule is Cc1cc(C(=O)OCC(=O)N(C)CC(=O)Nc2ccc(F)cc2)on1. The summed E-state index contributed by atoms with van der Waals surface area (Å²) < 4.78 is 22.3. The van der Waals surface area contributed by atoms with Crippen LogP contribution < -0.4 is 5.32 Å². The summed E-state index contributed by atoms with van der Waals surface area (Å²) in [5.74, 6) is -2.40. The lowest BCUT2D eigenvalue weighted by atomic mass is 10.3. The lowest BCUT2D eigenvalue weighted by Gasteiger charge is -2.16. The number of ether oxygens (including phenoxy) is 1. The van der Waals surface area contributed by atoms with Gasteiger partial charge in [0.1, 0.15) is 5.82 Å². The average Bonchev–Trinajstić information content (AvgIpc) is 3.00. The van der Waals surface area contributed by atoms with Crippen LogP contribution in [-0.2, 0) is 14.3 Å². The van der Waals surface area contributed by atoms with Crippen molar-refractivity contribution in [1.82, 2.24) is 10.1 Å². The number of aryl methyl sites for hydroxylation is 1. The number of halogens is 1. The number of rotatable bonds is 6. The normalized spacial score (nSPS) is 10.2. The van der Waals surface area contributed by atoms with Crippen molar-refractivity contribution < 1.29 is 28.0 Å². The molecule has 0 bridgehead atoms. The minimum absolute atomic E-state index is 0.109. The molecule has 0 unspecified atom stereocenters. The van der Waals surface area contributed by atoms with Crippen molar-refractivity contribution in [2.75, 3.05) is 25.5 Å². The summed E-state index contributed by atoms with van der Waals surface area (Å²) in [4.78, 5) is 36.5. The van der Waals surface area contributed by atoms with E-state index in [0.29, 0.717) is 11.4 Å². The topological polar surface area (TPSA) is 102 Å². The van der Waals surface area contributed by atoms with E-state index in [1.54, 1.807) is 6.92 Å². The molecule has 9 heteroatoms. The summed E-state index contributed by atoms with van der Waals surface area (Å²) in [6.07, 6.45) is 0. The van der Waals surface area contributed by atoms with E-state index >= 15 is 0 Å². The zero-order valence-corrected chi connectivity index (χ0v) is 13.6. The fourth-order valence-electron chi connectivity index (χ4n) is 1.81. The zero-order valence-electron chi connectivity index (χ0n) is 13.6. The van der Waals surface area contributed by atoms with Crippen molar-refractivity contribution >= 4 is 23.5 Å². The number of amides is 2. The second-order valence-corrected chi connectivity index (χ2v) is 5.21. The second-order valence-electron chi connectivity index (χ2n) is 5.21. The minimum Gasteiger partial charge on any atom is -0.450 e. The van der Waals surface area contributed by atoms with Crippen LogP contribution in [0.1, 0.15) is 16.2 Å². The summed E-state index contributed by atoms with van der Waals surface area (Å²) in [7, 11) is 1.39. The van der Waals surface area contributed by atoms with E-state index in [1.165, 1.54) is 37.4 Å². The Morgan fingerprint density at radius 3 is 2.56 bits per heavy atom. The maximum atomic E-state index is 12.8. The summed E-state index contributed by atoms with van der Waals surface area (Å²) >= 11 is 0. The lowest BCUT2D eigenvalue weighted by Crippen LogP contribution is -2.37. The molecule has 1 aromatic heterocycles. The van der Waals surface area contributed by atoms with Crippen LogP contribution in [0, 0.1) is 12.7 Å². The monoisotopic (exact) mass is 349 g/mol. The van der Waals surface area contributed by atoms with Gasteiger partial charge in [0.15, 0.2) is 6.61 Å². The number of benzene rings is 1. The number of nitrogens with one attached hydrogen (secondary N) is 1. The molecule has 0 aliphatic rings. The van der Waals surface area contributed by atoms with Crippen molar-refractivity contribution in [3.63, 3.8) is 0 Å². The first-order valence-corrected chi connectivity index (χ1v) is 7.25. The molecule has 2 rings (SSSR count). The highest BCUT2D eigenvalue weighted by Gasteiger charge is 2.18. The number of nitrogens with zero attached hydrogens (tertiary/aromatic N) is 2. The highest BCUT2D eigenvalue weighted by atomic mass is 19.1. The van der Waals surface area contributed by atoms with Gasteiger partial charge in [0.2, 0.25) is 11.7 Å². The van der Waals surface area contributed by atoms with Gasteiger partial charge < -0.3 is 19.5 Å². The van der Waals surface area contributed by atoms with Crippen LogP contribution >= 0.6 is 0 Å². The predicted molar refractivity (Wildman–Crippen MR) is 84.2 cm³/mol. The van der Waals surface area contributed by atoms with Crippen LogP contribution in [0.3, 0.4) is 0 Å². The molecule has 0 spiro atoms. The van der Waals surface area contributed by atoms with Crippen LogP contribution in [0.4, 0.5) is 10.1 Å². The lowest BCUT2D eigenvalue weighted by molar-refractivity contribution is -0.136. The summed E-state index contributed by atoms with van der Waals surface area (Å²) in [5.41, 5.74) is 0.909. The number of hydrogen-bond donors (Lipinski definition) is 1. The first kappa shape index (κ1) is 18.1. The summed E-state index contributed by atoms with van der Waals surface area (Å²) in [6, 6.07) is 6.59. The Bertz CT molecular complexity index is 772. The van der Waals surface area contributed by atoms with E-state index < -0.39 is 30.2 Å². The van der Waals surface area contributed by atoms with Crippen molar-refractivity contribution in [2.24, 2.45) is 0 Å². The van der Waals surface area contributed by atoms with E-state index in [4.69, 9.17) is 9.26 Å². The molecule has 0 atom stereocenters. The molecule has 0 fully saturated rings. The molecule has 1 heterocycles. The van der Waals surface area contributed by atoms with Crippen molar-refractivity contribution in [3.8, 4) is 0 Å². The van der Waals surface area contributed by atoms with Crippen LogP contribution in [0.5, 0.6) is 0 Å². The number of likely N-dealkylation sites (N-methyl/N-ethyl adjacent to an activating group) is 1. The molecule has 0 aliphatic carbocycles. The molecule has 2 aromatic rings. The Morgan fingerprint density at radius 1 is 1.28 bits per heavy atom. The Morgan fingerprint density at radius 2 is 1.96 bits per heavy atom. The van der Waals surface area contributed by atoms with Crippen molar-refractivity contribution in [1.29, 1.82) is 0 Å². The van der Waals surface area contributed by atoms with Gasteiger partial charge in [0.05, 0.1) is 12.2 Å². The van der Waals surface area contributed by atoms with E-state index in [9.17, 15) is 18.8 Å². The maximum Gasteiger partial charge on any atom is 0.377 e. The summed E-state index contributed by atoms with van der Waals surface area (Å²) in [6.45, 7) is 0.840. The largest absolute Gasteiger partial charge is 0.450 e. The first-order chi connectivity index (χ1) is 11.8. The Labute approximate surface area is 142 Å². The van der Waals surface area contributed by atoms with Gasteiger partial charge in [-0.2, -0.15) is 0 Å². The minimum atomic E-state index is -0.821. The van der Waals surface area contributed by atoms with E-state index in [2.05, 4.69) is 10.5 Å². The Hall–Kier alpha value is -3.23. The molecular weight excluding hydrogens is 333 g/mol. The molecule has 0 saturated heterocycles. The van der Waals surface area contributed by atoms with Gasteiger partial charge in [-0.05, 0) is 31.2 Å². The fraction of sp³-hybridized carbons (Fsp3) is 0.250. The Balaban J connectivity index is 1.78. The van der Waals surface area contributed by atoms with Gasteiger partial charge >= 0.3 is 5.97 Å².